The number of halogens is 1. The fourth-order valence-corrected chi connectivity index (χ4v) is 6.52. The number of fused-ring (bicyclic) bond motifs is 1. The van der Waals surface area contributed by atoms with E-state index in [0.29, 0.717) is 40.6 Å². The van der Waals surface area contributed by atoms with Gasteiger partial charge in [-0.05, 0) is 63.7 Å². The summed E-state index contributed by atoms with van der Waals surface area (Å²) in [7, 11) is -5.65. The molecule has 1 fully saturated rings. The van der Waals surface area contributed by atoms with Crippen LogP contribution in [0.2, 0.25) is 0 Å². The molecule has 0 saturated carbocycles. The molecule has 4 N–H and O–H groups in total. The molecule has 0 spiro atoms. The fraction of sp³-hybridized carbons (Fsp3) is 0.320. The highest BCUT2D eigenvalue weighted by Gasteiger charge is 2.24. The number of anilines is 3. The molecule has 12 nitrogen and oxygen atoms in total. The van der Waals surface area contributed by atoms with Crippen molar-refractivity contribution in [1.29, 1.82) is 0 Å². The Hall–Kier alpha value is -3.66. The molecule has 1 saturated heterocycles. The molecule has 0 amide bonds. The average molecular weight is 589 g/mol. The third kappa shape index (κ3) is 5.91. The van der Waals surface area contributed by atoms with Gasteiger partial charge in [0.25, 0.3) is 0 Å². The van der Waals surface area contributed by atoms with E-state index in [1.54, 1.807) is 25.4 Å². The van der Waals surface area contributed by atoms with E-state index in [-0.39, 0.29) is 23.5 Å². The number of benzene rings is 1. The van der Waals surface area contributed by atoms with E-state index >= 15 is 0 Å². The van der Waals surface area contributed by atoms with Crippen LogP contribution in [0.5, 0.6) is 0 Å². The maximum atomic E-state index is 14.9. The average Bonchev–Trinajstić information content (AvgIpc) is 3.32. The molecule has 0 unspecified atom stereocenters. The minimum atomic E-state index is -3.88. The van der Waals surface area contributed by atoms with Gasteiger partial charge < -0.3 is 15.2 Å². The zero-order chi connectivity index (χ0) is 28.7. The summed E-state index contributed by atoms with van der Waals surface area (Å²) >= 11 is 0. The number of H-pyrrole nitrogens is 1. The zero-order valence-corrected chi connectivity index (χ0v) is 23.7. The van der Waals surface area contributed by atoms with Crippen LogP contribution in [-0.4, -0.2) is 74.1 Å². The van der Waals surface area contributed by atoms with Crippen molar-refractivity contribution in [2.75, 3.05) is 36.4 Å². The monoisotopic (exact) mass is 588 g/mol. The third-order valence-corrected chi connectivity index (χ3v) is 8.93. The standard InChI is InChI=1S/C25H29FN8O4S2/c1-15-13-29-25(30-19-5-4-6-20(21(19)26)39(3,35)36)31-22(15)18-14-28-23-17(18)7-10-27-24(23)33-40(37,38)32-16-8-11-34(2)12-9-16/h4-7,10,13-14,16,28,32H,8-9,11-12H2,1-3H3,(H,27,33)(H,29,30,31). The van der Waals surface area contributed by atoms with Crippen molar-refractivity contribution in [3.05, 3.63) is 54.2 Å². The molecule has 3 aromatic heterocycles. The van der Waals surface area contributed by atoms with E-state index < -0.39 is 30.8 Å². The Bertz CT molecular complexity index is 1790. The summed E-state index contributed by atoms with van der Waals surface area (Å²) in [5.74, 6) is -0.745. The van der Waals surface area contributed by atoms with E-state index in [9.17, 15) is 21.2 Å². The predicted molar refractivity (Wildman–Crippen MR) is 151 cm³/mol. The van der Waals surface area contributed by atoms with Crippen molar-refractivity contribution < 1.29 is 21.2 Å². The van der Waals surface area contributed by atoms with Crippen LogP contribution in [0, 0.1) is 12.7 Å². The summed E-state index contributed by atoms with van der Waals surface area (Å²) < 4.78 is 69.7. The number of nitrogens with one attached hydrogen (secondary N) is 4. The molecule has 4 heterocycles. The Balaban J connectivity index is 1.43. The van der Waals surface area contributed by atoms with Crippen LogP contribution in [-0.2, 0) is 20.0 Å². The number of pyridine rings is 1. The zero-order valence-electron chi connectivity index (χ0n) is 22.1. The lowest BCUT2D eigenvalue weighted by Gasteiger charge is -2.29. The van der Waals surface area contributed by atoms with Gasteiger partial charge in [0, 0.05) is 41.8 Å². The molecule has 0 radical (unpaired) electrons. The molecule has 15 heteroatoms. The van der Waals surface area contributed by atoms with Gasteiger partial charge in [-0.3, -0.25) is 4.72 Å². The number of likely N-dealkylation sites (tertiary alicyclic amines) is 1. The number of aromatic nitrogens is 4. The molecule has 212 valence electrons. The summed E-state index contributed by atoms with van der Waals surface area (Å²) in [4.78, 5) is 17.8. The van der Waals surface area contributed by atoms with Gasteiger partial charge in [0.15, 0.2) is 21.5 Å². The van der Waals surface area contributed by atoms with Crippen LogP contribution in [0.4, 0.5) is 21.8 Å². The Labute approximate surface area is 231 Å². The first kappa shape index (κ1) is 27.9. The lowest BCUT2D eigenvalue weighted by molar-refractivity contribution is 0.248. The third-order valence-electron chi connectivity index (χ3n) is 6.71. The molecule has 0 bridgehead atoms. The molecule has 4 aromatic rings. The minimum Gasteiger partial charge on any atom is -0.357 e. The maximum absolute atomic E-state index is 14.9. The number of hydrogen-bond donors (Lipinski definition) is 4. The second-order valence-electron chi connectivity index (χ2n) is 9.83. The maximum Gasteiger partial charge on any atom is 0.300 e. The first-order valence-electron chi connectivity index (χ1n) is 12.5. The number of piperidine rings is 1. The Kier molecular flexibility index (Phi) is 7.48. The number of aryl methyl sites for hydroxylation is 1. The molecule has 0 aliphatic carbocycles. The van der Waals surface area contributed by atoms with Gasteiger partial charge >= 0.3 is 10.2 Å². The van der Waals surface area contributed by atoms with Gasteiger partial charge in [0.1, 0.15) is 4.90 Å². The lowest BCUT2D eigenvalue weighted by atomic mass is 10.1. The second-order valence-corrected chi connectivity index (χ2v) is 13.3. The van der Waals surface area contributed by atoms with Gasteiger partial charge in [-0.25, -0.2) is 27.8 Å². The first-order valence-corrected chi connectivity index (χ1v) is 15.8. The van der Waals surface area contributed by atoms with Crippen molar-refractivity contribution in [1.82, 2.24) is 29.6 Å². The Morgan fingerprint density at radius 2 is 1.85 bits per heavy atom. The highest BCUT2D eigenvalue weighted by atomic mass is 32.2. The smallest absolute Gasteiger partial charge is 0.300 e. The number of sulfone groups is 1. The molecular formula is C25H29FN8O4S2. The van der Waals surface area contributed by atoms with Gasteiger partial charge in [-0.1, -0.05) is 6.07 Å². The van der Waals surface area contributed by atoms with E-state index in [0.717, 1.165) is 19.3 Å². The largest absolute Gasteiger partial charge is 0.357 e. The van der Waals surface area contributed by atoms with Gasteiger partial charge in [-0.2, -0.15) is 13.1 Å². The number of hydrogen-bond acceptors (Lipinski definition) is 9. The van der Waals surface area contributed by atoms with Crippen molar-refractivity contribution in [2.24, 2.45) is 0 Å². The number of nitrogens with zero attached hydrogens (tertiary/aromatic N) is 4. The van der Waals surface area contributed by atoms with Gasteiger partial charge in [0.2, 0.25) is 5.95 Å². The molecular weight excluding hydrogens is 559 g/mol. The summed E-state index contributed by atoms with van der Waals surface area (Å²) in [6.07, 6.45) is 7.09. The van der Waals surface area contributed by atoms with Crippen LogP contribution in [0.3, 0.4) is 0 Å². The van der Waals surface area contributed by atoms with Gasteiger partial charge in [-0.15, -0.1) is 0 Å². The summed E-state index contributed by atoms with van der Waals surface area (Å²) in [6, 6.07) is 5.57. The Morgan fingerprint density at radius 1 is 1.10 bits per heavy atom. The summed E-state index contributed by atoms with van der Waals surface area (Å²) in [6.45, 7) is 3.43. The molecule has 0 atom stereocenters. The van der Waals surface area contributed by atoms with Crippen LogP contribution in [0.1, 0.15) is 18.4 Å². The van der Waals surface area contributed by atoms with Crippen LogP contribution in [0.25, 0.3) is 22.2 Å². The second kappa shape index (κ2) is 10.7. The van der Waals surface area contributed by atoms with Gasteiger partial charge in [0.05, 0.1) is 16.9 Å². The first-order chi connectivity index (χ1) is 18.9. The van der Waals surface area contributed by atoms with Crippen LogP contribution in [0.15, 0.2) is 47.8 Å². The van der Waals surface area contributed by atoms with E-state index in [1.165, 1.54) is 24.4 Å². The molecule has 40 heavy (non-hydrogen) atoms. The number of aromatic amines is 1. The lowest BCUT2D eigenvalue weighted by Crippen LogP contribution is -2.45. The van der Waals surface area contributed by atoms with E-state index in [1.807, 2.05) is 7.05 Å². The topological polar surface area (TPSA) is 162 Å². The van der Waals surface area contributed by atoms with Crippen LogP contribution < -0.4 is 14.8 Å². The minimum absolute atomic E-state index is 0.0526. The molecule has 1 aliphatic heterocycles. The van der Waals surface area contributed by atoms with Crippen molar-refractivity contribution in [3.8, 4) is 11.3 Å². The molecule has 5 rings (SSSR count). The van der Waals surface area contributed by atoms with E-state index in [4.69, 9.17) is 0 Å². The fourth-order valence-electron chi connectivity index (χ4n) is 4.62. The predicted octanol–water partition coefficient (Wildman–Crippen LogP) is 2.96. The van der Waals surface area contributed by atoms with Crippen molar-refractivity contribution in [3.63, 3.8) is 0 Å². The molecule has 1 aliphatic rings. The SMILES string of the molecule is Cc1cnc(Nc2cccc(S(C)(=O)=O)c2F)nc1-c1c[nH]c2c(NS(=O)(=O)NC3CCN(C)CC3)nccc12. The Morgan fingerprint density at radius 3 is 2.58 bits per heavy atom. The van der Waals surface area contributed by atoms with Crippen LogP contribution >= 0.6 is 0 Å². The summed E-state index contributed by atoms with van der Waals surface area (Å²) in [5.41, 5.74) is 2.24. The molecule has 1 aromatic carbocycles. The highest BCUT2D eigenvalue weighted by Crippen LogP contribution is 2.33. The van der Waals surface area contributed by atoms with E-state index in [2.05, 4.69) is 39.6 Å². The van der Waals surface area contributed by atoms with Crippen molar-refractivity contribution in [2.45, 2.75) is 30.7 Å². The quantitative estimate of drug-likeness (QED) is 0.242. The summed E-state index contributed by atoms with van der Waals surface area (Å²) in [5, 5.41) is 3.42. The number of rotatable bonds is 8. The normalized spacial score (nSPS) is 15.4. The van der Waals surface area contributed by atoms with Crippen molar-refractivity contribution >= 4 is 48.4 Å². The highest BCUT2D eigenvalue weighted by molar-refractivity contribution is 7.91.